The largest absolute Gasteiger partial charge is 0.488 e. The number of nitrogens with one attached hydrogen (secondary N) is 2. The molecule has 27 heavy (non-hydrogen) atoms. The Morgan fingerprint density at radius 1 is 1.33 bits per heavy atom. The topological polar surface area (TPSA) is 63.5 Å². The summed E-state index contributed by atoms with van der Waals surface area (Å²) in [5.41, 5.74) is 2.73. The zero-order valence-corrected chi connectivity index (χ0v) is 15.7. The third-order valence-electron chi connectivity index (χ3n) is 4.52. The highest BCUT2D eigenvalue weighted by molar-refractivity contribution is 6.31. The van der Waals surface area contributed by atoms with E-state index in [1.54, 1.807) is 29.0 Å². The number of hydrogen-bond donors (Lipinski definition) is 2. The summed E-state index contributed by atoms with van der Waals surface area (Å²) in [4.78, 5) is 4.64. The van der Waals surface area contributed by atoms with Crippen LogP contribution in [-0.2, 0) is 0 Å². The summed E-state index contributed by atoms with van der Waals surface area (Å²) in [5.74, 6) is 0.658. The van der Waals surface area contributed by atoms with Crippen molar-refractivity contribution in [1.82, 2.24) is 19.9 Å². The summed E-state index contributed by atoms with van der Waals surface area (Å²) in [6.07, 6.45) is 3.33. The summed E-state index contributed by atoms with van der Waals surface area (Å²) >= 11 is 6.27. The predicted octanol–water partition coefficient (Wildman–Crippen LogP) is 4.04. The number of ether oxygens (including phenoxy) is 1. The van der Waals surface area contributed by atoms with Crippen molar-refractivity contribution >= 4 is 28.8 Å². The third-order valence-corrected chi connectivity index (χ3v) is 4.90. The molecule has 1 aliphatic rings. The molecule has 0 spiro atoms. The Bertz CT molecular complexity index is 1030. The molecule has 0 radical (unpaired) electrons. The normalized spacial score (nSPS) is 19.9. The number of rotatable bonds is 0. The van der Waals surface area contributed by atoms with Crippen molar-refractivity contribution < 1.29 is 9.13 Å². The minimum absolute atomic E-state index is 0.0399. The van der Waals surface area contributed by atoms with Crippen LogP contribution < -0.4 is 15.4 Å². The molecule has 2 bridgehead atoms. The minimum atomic E-state index is -0.488. The van der Waals surface area contributed by atoms with Crippen molar-refractivity contribution in [1.29, 1.82) is 0 Å². The van der Waals surface area contributed by atoms with Crippen LogP contribution in [0, 0.1) is 5.82 Å². The Hall–Kier alpha value is -2.80. The van der Waals surface area contributed by atoms with E-state index in [0.29, 0.717) is 35.0 Å². The SMILES string of the molecule is C=C1NC[C@H](C)Oc2ccc(F)c(Cl)c2[C@@H](C)Nc2ccn3ncc1c3n2. The van der Waals surface area contributed by atoms with Gasteiger partial charge in [0.1, 0.15) is 23.5 Å². The van der Waals surface area contributed by atoms with Crippen LogP contribution in [0.4, 0.5) is 10.2 Å². The Labute approximate surface area is 161 Å². The smallest absolute Gasteiger partial charge is 0.166 e. The number of anilines is 1. The van der Waals surface area contributed by atoms with Crippen molar-refractivity contribution in [2.45, 2.75) is 26.0 Å². The lowest BCUT2D eigenvalue weighted by Crippen LogP contribution is -2.28. The van der Waals surface area contributed by atoms with Gasteiger partial charge in [0.25, 0.3) is 0 Å². The van der Waals surface area contributed by atoms with E-state index in [9.17, 15) is 4.39 Å². The zero-order valence-electron chi connectivity index (χ0n) is 15.0. The Morgan fingerprint density at radius 3 is 2.96 bits per heavy atom. The van der Waals surface area contributed by atoms with Gasteiger partial charge in [0.15, 0.2) is 5.65 Å². The molecule has 6 nitrogen and oxygen atoms in total. The van der Waals surface area contributed by atoms with Crippen LogP contribution in [0.15, 0.2) is 37.2 Å². The summed E-state index contributed by atoms with van der Waals surface area (Å²) in [6, 6.07) is 4.39. The number of fused-ring (bicyclic) bond motifs is 2. The molecular weight excluding hydrogens is 369 g/mol. The first-order valence-electron chi connectivity index (χ1n) is 8.62. The van der Waals surface area contributed by atoms with Gasteiger partial charge in [-0.2, -0.15) is 5.10 Å². The molecular formula is C19H19ClFN5O. The minimum Gasteiger partial charge on any atom is -0.488 e. The number of aromatic nitrogens is 3. The first kappa shape index (κ1) is 17.6. The van der Waals surface area contributed by atoms with Gasteiger partial charge in [-0.05, 0) is 32.0 Å². The van der Waals surface area contributed by atoms with Crippen molar-refractivity contribution in [3.63, 3.8) is 0 Å². The van der Waals surface area contributed by atoms with Gasteiger partial charge in [-0.15, -0.1) is 0 Å². The average Bonchev–Trinajstić information content (AvgIpc) is 3.05. The molecule has 8 heteroatoms. The van der Waals surface area contributed by atoms with Gasteiger partial charge in [-0.25, -0.2) is 13.9 Å². The Morgan fingerprint density at radius 2 is 2.15 bits per heavy atom. The van der Waals surface area contributed by atoms with Crippen molar-refractivity contribution in [2.75, 3.05) is 11.9 Å². The first-order valence-corrected chi connectivity index (χ1v) is 9.00. The molecule has 0 fully saturated rings. The quantitative estimate of drug-likeness (QED) is 0.609. The van der Waals surface area contributed by atoms with Crippen LogP contribution >= 0.6 is 11.6 Å². The lowest BCUT2D eigenvalue weighted by molar-refractivity contribution is 0.220. The van der Waals surface area contributed by atoms with Gasteiger partial charge in [0, 0.05) is 17.5 Å². The summed E-state index contributed by atoms with van der Waals surface area (Å²) < 4.78 is 21.8. The number of halogens is 2. The molecule has 0 aliphatic carbocycles. The van der Waals surface area contributed by atoms with Crippen LogP contribution in [-0.4, -0.2) is 27.2 Å². The maximum atomic E-state index is 14.1. The van der Waals surface area contributed by atoms with Crippen molar-refractivity contribution in [2.24, 2.45) is 0 Å². The second-order valence-corrected chi connectivity index (χ2v) is 6.94. The summed E-state index contributed by atoms with van der Waals surface area (Å²) in [7, 11) is 0. The van der Waals surface area contributed by atoms with Crippen LogP contribution in [0.25, 0.3) is 11.3 Å². The molecule has 0 unspecified atom stereocenters. The van der Waals surface area contributed by atoms with Gasteiger partial charge in [-0.1, -0.05) is 18.2 Å². The molecule has 3 aromatic rings. The number of nitrogens with zero attached hydrogens (tertiary/aromatic N) is 3. The van der Waals surface area contributed by atoms with Crippen LogP contribution in [0.5, 0.6) is 5.75 Å². The van der Waals surface area contributed by atoms with E-state index in [-0.39, 0.29) is 17.2 Å². The number of hydrogen-bond acceptors (Lipinski definition) is 5. The van der Waals surface area contributed by atoms with Crippen molar-refractivity contribution in [3.05, 3.63) is 59.1 Å². The first-order chi connectivity index (χ1) is 12.9. The van der Waals surface area contributed by atoms with Crippen molar-refractivity contribution in [3.8, 4) is 5.75 Å². The monoisotopic (exact) mass is 387 g/mol. The highest BCUT2D eigenvalue weighted by Crippen LogP contribution is 2.36. The molecule has 2 N–H and O–H groups in total. The zero-order chi connectivity index (χ0) is 19.1. The Balaban J connectivity index is 1.85. The van der Waals surface area contributed by atoms with Gasteiger partial charge < -0.3 is 15.4 Å². The lowest BCUT2D eigenvalue weighted by Gasteiger charge is -2.23. The fraction of sp³-hybridized carbons (Fsp3) is 0.263. The molecule has 1 aliphatic heterocycles. The highest BCUT2D eigenvalue weighted by atomic mass is 35.5. The summed E-state index contributed by atoms with van der Waals surface area (Å²) in [6.45, 7) is 8.40. The molecule has 0 saturated carbocycles. The Kier molecular flexibility index (Phi) is 4.39. The molecule has 2 atom stereocenters. The lowest BCUT2D eigenvalue weighted by atomic mass is 10.1. The van der Waals surface area contributed by atoms with E-state index in [0.717, 1.165) is 5.56 Å². The second kappa shape index (κ2) is 6.74. The number of benzene rings is 1. The van der Waals surface area contributed by atoms with E-state index in [2.05, 4.69) is 27.3 Å². The summed E-state index contributed by atoms with van der Waals surface area (Å²) in [5, 5.41) is 10.9. The van der Waals surface area contributed by atoms with Gasteiger partial charge in [0.2, 0.25) is 0 Å². The van der Waals surface area contributed by atoms with E-state index in [1.807, 2.05) is 13.8 Å². The maximum absolute atomic E-state index is 14.1. The van der Waals surface area contributed by atoms with E-state index < -0.39 is 5.82 Å². The van der Waals surface area contributed by atoms with Gasteiger partial charge in [0.05, 0.1) is 29.4 Å². The molecule has 0 amide bonds. The molecule has 0 saturated heterocycles. The van der Waals surface area contributed by atoms with Gasteiger partial charge in [-0.3, -0.25) is 0 Å². The average molecular weight is 388 g/mol. The van der Waals surface area contributed by atoms with E-state index in [4.69, 9.17) is 16.3 Å². The standard InChI is InChI=1S/C19H19ClFN5O/c1-10-8-22-11(2)13-9-23-26-7-6-16(25-19(13)26)24-12(3)17-15(27-10)5-4-14(21)18(17)20/h4-7,9-10,12,22H,2,8H2,1,3H3,(H,24,25)/t10-,12+/m0/s1. The molecule has 4 rings (SSSR count). The van der Waals surface area contributed by atoms with Crippen LogP contribution in [0.3, 0.4) is 0 Å². The molecule has 2 aromatic heterocycles. The highest BCUT2D eigenvalue weighted by Gasteiger charge is 2.22. The van der Waals surface area contributed by atoms with Crippen LogP contribution in [0.1, 0.15) is 31.0 Å². The van der Waals surface area contributed by atoms with E-state index in [1.165, 1.54) is 6.07 Å². The second-order valence-electron chi connectivity index (χ2n) is 6.57. The van der Waals surface area contributed by atoms with Crippen LogP contribution in [0.2, 0.25) is 5.02 Å². The predicted molar refractivity (Wildman–Crippen MR) is 104 cm³/mol. The molecule has 140 valence electrons. The molecule has 1 aromatic carbocycles. The van der Waals surface area contributed by atoms with E-state index >= 15 is 0 Å². The third kappa shape index (κ3) is 3.19. The van der Waals surface area contributed by atoms with Gasteiger partial charge >= 0.3 is 0 Å². The fourth-order valence-corrected chi connectivity index (χ4v) is 3.45. The molecule has 3 heterocycles. The fourth-order valence-electron chi connectivity index (χ4n) is 3.13. The maximum Gasteiger partial charge on any atom is 0.166 e.